The molecule has 1 unspecified atom stereocenters. The van der Waals surface area contributed by atoms with E-state index >= 15 is 0 Å². The molecule has 0 radical (unpaired) electrons. The highest BCUT2D eigenvalue weighted by Crippen LogP contribution is 2.25. The Balaban J connectivity index is 2.11. The maximum atomic E-state index is 12.0. The van der Waals surface area contributed by atoms with Crippen LogP contribution in [0.25, 0.3) is 11.5 Å². The fourth-order valence-electron chi connectivity index (χ4n) is 1.54. The van der Waals surface area contributed by atoms with Crippen molar-refractivity contribution in [3.05, 3.63) is 30.1 Å². The number of benzene rings is 1. The SMILES string of the molecule is CC(N)Cc1noc(-c2ccc(OC(F)(F)F)cc2)n1. The topological polar surface area (TPSA) is 74.2 Å². The van der Waals surface area contributed by atoms with Gasteiger partial charge in [-0.25, -0.2) is 0 Å². The zero-order chi connectivity index (χ0) is 14.8. The summed E-state index contributed by atoms with van der Waals surface area (Å²) >= 11 is 0. The number of aromatic nitrogens is 2. The van der Waals surface area contributed by atoms with Crippen LogP contribution in [0.2, 0.25) is 0 Å². The van der Waals surface area contributed by atoms with E-state index < -0.39 is 6.36 Å². The van der Waals surface area contributed by atoms with Gasteiger partial charge in [-0.2, -0.15) is 4.98 Å². The Labute approximate surface area is 112 Å². The van der Waals surface area contributed by atoms with Crippen LogP contribution in [-0.4, -0.2) is 22.5 Å². The molecule has 0 amide bonds. The summed E-state index contributed by atoms with van der Waals surface area (Å²) in [4.78, 5) is 4.10. The van der Waals surface area contributed by atoms with Crippen molar-refractivity contribution in [2.75, 3.05) is 0 Å². The minimum Gasteiger partial charge on any atom is -0.406 e. The molecule has 5 nitrogen and oxygen atoms in total. The van der Waals surface area contributed by atoms with Gasteiger partial charge < -0.3 is 15.0 Å². The van der Waals surface area contributed by atoms with E-state index in [1.807, 2.05) is 0 Å². The minimum atomic E-state index is -4.71. The number of ether oxygens (including phenoxy) is 1. The van der Waals surface area contributed by atoms with E-state index in [0.717, 1.165) is 0 Å². The van der Waals surface area contributed by atoms with Crippen molar-refractivity contribution >= 4 is 0 Å². The van der Waals surface area contributed by atoms with E-state index in [9.17, 15) is 13.2 Å². The summed E-state index contributed by atoms with van der Waals surface area (Å²) in [6.07, 6.45) is -4.25. The highest BCUT2D eigenvalue weighted by molar-refractivity contribution is 5.54. The molecule has 0 aliphatic heterocycles. The van der Waals surface area contributed by atoms with E-state index in [0.29, 0.717) is 17.8 Å². The monoisotopic (exact) mass is 287 g/mol. The van der Waals surface area contributed by atoms with Gasteiger partial charge in [-0.05, 0) is 31.2 Å². The highest BCUT2D eigenvalue weighted by Gasteiger charge is 2.31. The highest BCUT2D eigenvalue weighted by atomic mass is 19.4. The standard InChI is InChI=1S/C12H12F3N3O2/c1-7(16)6-10-17-11(20-18-10)8-2-4-9(5-3-8)19-12(13,14)15/h2-5,7H,6,16H2,1H3. The predicted octanol–water partition coefficient (Wildman–Crippen LogP) is 2.52. The first-order valence-corrected chi connectivity index (χ1v) is 5.78. The van der Waals surface area contributed by atoms with Crippen LogP contribution in [0.5, 0.6) is 5.75 Å². The Kier molecular flexibility index (Phi) is 3.93. The zero-order valence-corrected chi connectivity index (χ0v) is 10.5. The average Bonchev–Trinajstić information content (AvgIpc) is 2.75. The Morgan fingerprint density at radius 2 is 1.95 bits per heavy atom. The van der Waals surface area contributed by atoms with Gasteiger partial charge in [-0.1, -0.05) is 5.16 Å². The summed E-state index contributed by atoms with van der Waals surface area (Å²) in [5.41, 5.74) is 6.11. The van der Waals surface area contributed by atoms with Crippen LogP contribution in [0.4, 0.5) is 13.2 Å². The van der Waals surface area contributed by atoms with Crippen LogP contribution < -0.4 is 10.5 Å². The smallest absolute Gasteiger partial charge is 0.406 e. The lowest BCUT2D eigenvalue weighted by Crippen LogP contribution is -2.18. The second-order valence-corrected chi connectivity index (χ2v) is 4.27. The van der Waals surface area contributed by atoms with Gasteiger partial charge in [-0.15, -0.1) is 13.2 Å². The molecule has 2 rings (SSSR count). The second kappa shape index (κ2) is 5.49. The first-order chi connectivity index (χ1) is 9.33. The van der Waals surface area contributed by atoms with E-state index in [2.05, 4.69) is 14.9 Å². The van der Waals surface area contributed by atoms with Crippen molar-refractivity contribution in [2.24, 2.45) is 5.73 Å². The fourth-order valence-corrected chi connectivity index (χ4v) is 1.54. The Bertz CT molecular complexity index is 564. The summed E-state index contributed by atoms with van der Waals surface area (Å²) in [5, 5.41) is 3.74. The number of halogens is 3. The van der Waals surface area contributed by atoms with E-state index in [4.69, 9.17) is 10.3 Å². The van der Waals surface area contributed by atoms with Crippen LogP contribution in [-0.2, 0) is 6.42 Å². The molecule has 2 N–H and O–H groups in total. The first kappa shape index (κ1) is 14.3. The molecule has 0 spiro atoms. The Morgan fingerprint density at radius 3 is 2.50 bits per heavy atom. The average molecular weight is 287 g/mol. The molecule has 8 heteroatoms. The third-order valence-electron chi connectivity index (χ3n) is 2.31. The van der Waals surface area contributed by atoms with Gasteiger partial charge in [0.05, 0.1) is 0 Å². The molecule has 0 fully saturated rings. The van der Waals surface area contributed by atoms with Crippen LogP contribution in [0.15, 0.2) is 28.8 Å². The fraction of sp³-hybridized carbons (Fsp3) is 0.333. The van der Waals surface area contributed by atoms with Gasteiger partial charge in [0.25, 0.3) is 5.89 Å². The third-order valence-corrected chi connectivity index (χ3v) is 2.31. The largest absolute Gasteiger partial charge is 0.573 e. The van der Waals surface area contributed by atoms with Gasteiger partial charge in [-0.3, -0.25) is 0 Å². The van der Waals surface area contributed by atoms with Gasteiger partial charge in [0.1, 0.15) is 5.75 Å². The molecular formula is C12H12F3N3O2. The predicted molar refractivity (Wildman–Crippen MR) is 63.8 cm³/mol. The molecule has 2 aromatic rings. The van der Waals surface area contributed by atoms with Crippen molar-refractivity contribution in [1.29, 1.82) is 0 Å². The molecule has 1 aromatic heterocycles. The maximum absolute atomic E-state index is 12.0. The Hall–Kier alpha value is -2.09. The summed E-state index contributed by atoms with van der Waals surface area (Å²) in [5.74, 6) is 0.362. The molecule has 1 heterocycles. The summed E-state index contributed by atoms with van der Waals surface area (Å²) in [7, 11) is 0. The van der Waals surface area contributed by atoms with Crippen molar-refractivity contribution in [2.45, 2.75) is 25.7 Å². The first-order valence-electron chi connectivity index (χ1n) is 5.78. The molecule has 0 saturated heterocycles. The Morgan fingerprint density at radius 1 is 1.30 bits per heavy atom. The lowest BCUT2D eigenvalue weighted by Gasteiger charge is -2.08. The van der Waals surface area contributed by atoms with E-state index in [-0.39, 0.29) is 17.7 Å². The number of hydrogen-bond donors (Lipinski definition) is 1. The minimum absolute atomic E-state index is 0.108. The second-order valence-electron chi connectivity index (χ2n) is 4.27. The number of nitrogens with two attached hydrogens (primary N) is 1. The maximum Gasteiger partial charge on any atom is 0.573 e. The summed E-state index contributed by atoms with van der Waals surface area (Å²) in [6.45, 7) is 1.80. The van der Waals surface area contributed by atoms with Crippen molar-refractivity contribution < 1.29 is 22.4 Å². The quantitative estimate of drug-likeness (QED) is 0.935. The molecule has 0 bridgehead atoms. The lowest BCUT2D eigenvalue weighted by molar-refractivity contribution is -0.274. The molecule has 1 aromatic carbocycles. The van der Waals surface area contributed by atoms with E-state index in [1.165, 1.54) is 24.3 Å². The van der Waals surface area contributed by atoms with Gasteiger partial charge >= 0.3 is 6.36 Å². The summed E-state index contributed by atoms with van der Waals surface area (Å²) in [6, 6.07) is 5.06. The molecular weight excluding hydrogens is 275 g/mol. The van der Waals surface area contributed by atoms with Crippen molar-refractivity contribution in [1.82, 2.24) is 10.1 Å². The lowest BCUT2D eigenvalue weighted by atomic mass is 10.2. The molecule has 0 saturated carbocycles. The molecule has 0 aliphatic rings. The van der Waals surface area contributed by atoms with Gasteiger partial charge in [0.15, 0.2) is 5.82 Å². The van der Waals surface area contributed by atoms with Crippen LogP contribution in [0, 0.1) is 0 Å². The van der Waals surface area contributed by atoms with Gasteiger partial charge in [0, 0.05) is 18.0 Å². The number of alkyl halides is 3. The molecule has 108 valence electrons. The number of hydrogen-bond acceptors (Lipinski definition) is 5. The molecule has 0 aliphatic carbocycles. The molecule has 1 atom stereocenters. The van der Waals surface area contributed by atoms with Crippen LogP contribution >= 0.6 is 0 Å². The number of rotatable bonds is 4. The van der Waals surface area contributed by atoms with Crippen molar-refractivity contribution in [3.63, 3.8) is 0 Å². The van der Waals surface area contributed by atoms with Gasteiger partial charge in [0.2, 0.25) is 0 Å². The normalized spacial score (nSPS) is 13.2. The van der Waals surface area contributed by atoms with Crippen molar-refractivity contribution in [3.8, 4) is 17.2 Å². The van der Waals surface area contributed by atoms with E-state index in [1.54, 1.807) is 6.92 Å². The van der Waals surface area contributed by atoms with Crippen LogP contribution in [0.3, 0.4) is 0 Å². The zero-order valence-electron chi connectivity index (χ0n) is 10.5. The van der Waals surface area contributed by atoms with Crippen LogP contribution in [0.1, 0.15) is 12.7 Å². The number of nitrogens with zero attached hydrogens (tertiary/aromatic N) is 2. The third kappa shape index (κ3) is 3.95. The summed E-state index contributed by atoms with van der Waals surface area (Å²) < 4.78 is 44.8. The molecule has 20 heavy (non-hydrogen) atoms.